The molecule has 4 nitrogen and oxygen atoms in total. The number of hydrogen-bond donors (Lipinski definition) is 1. The molecule has 0 unspecified atom stereocenters. The van der Waals surface area contributed by atoms with Gasteiger partial charge in [-0.1, -0.05) is 6.42 Å². The minimum absolute atomic E-state index is 0.254. The Hall–Kier alpha value is -1.08. The molecular weight excluding hydrogens is 297 g/mol. The van der Waals surface area contributed by atoms with Crippen LogP contribution >= 0.6 is 23.1 Å². The van der Waals surface area contributed by atoms with Gasteiger partial charge >= 0.3 is 5.69 Å². The lowest BCUT2D eigenvalue weighted by atomic mass is 10.3. The molecule has 2 rings (SSSR count). The van der Waals surface area contributed by atoms with Gasteiger partial charge in [0.2, 0.25) is 0 Å². The number of halogens is 1. The molecule has 2 aliphatic rings. The van der Waals surface area contributed by atoms with E-state index in [2.05, 4.69) is 4.98 Å². The molecule has 0 spiro atoms. The molecule has 0 aliphatic carbocycles. The van der Waals surface area contributed by atoms with E-state index in [1.807, 2.05) is 13.8 Å². The van der Waals surface area contributed by atoms with Gasteiger partial charge in [-0.25, -0.2) is 4.79 Å². The summed E-state index contributed by atoms with van der Waals surface area (Å²) in [6, 6.07) is 0. The van der Waals surface area contributed by atoms with E-state index < -0.39 is 0 Å². The van der Waals surface area contributed by atoms with E-state index >= 15 is 0 Å². The lowest BCUT2D eigenvalue weighted by molar-refractivity contribution is 0.460. The number of rotatable bonds is 6. The number of hydrogen-bond acceptors (Lipinski definition) is 5. The predicted octanol–water partition coefficient (Wildman–Crippen LogP) is 3.16. The van der Waals surface area contributed by atoms with Gasteiger partial charge in [0.25, 0.3) is 0 Å². The van der Waals surface area contributed by atoms with E-state index in [0.29, 0.717) is 12.2 Å². The summed E-state index contributed by atoms with van der Waals surface area (Å²) < 4.78 is 14.6. The molecule has 2 aliphatic heterocycles. The summed E-state index contributed by atoms with van der Waals surface area (Å²) in [5.41, 5.74) is 7.16. The number of unbranched alkanes of at least 4 members (excludes halogenated alkanes) is 2. The molecule has 110 valence electrons. The second-order valence-electron chi connectivity index (χ2n) is 4.59. The minimum atomic E-state index is -0.315. The van der Waals surface area contributed by atoms with E-state index in [4.69, 9.17) is 5.73 Å². The van der Waals surface area contributed by atoms with Crippen molar-refractivity contribution in [2.24, 2.45) is 0 Å². The molecular formula is C13H18FN3OS2. The van der Waals surface area contributed by atoms with Crippen LogP contribution in [0.15, 0.2) is 9.00 Å². The molecule has 0 saturated carbocycles. The maximum atomic E-state index is 12.0. The average molecular weight is 315 g/mol. The Kier molecular flexibility index (Phi) is 5.04. The van der Waals surface area contributed by atoms with Crippen molar-refractivity contribution < 1.29 is 4.39 Å². The highest BCUT2D eigenvalue weighted by Crippen LogP contribution is 2.37. The van der Waals surface area contributed by atoms with Crippen LogP contribution in [0.3, 0.4) is 0 Å². The number of aromatic nitrogens is 2. The standard InChI is InChI=1S/C13H18FN3OS2/c1-8-9(2)20-12(19-7-5-3-4-6-14)10-11(15)16-13(18)17(8)10/h3-7H2,1-2H3,(H2,15,16,18). The van der Waals surface area contributed by atoms with Crippen molar-refractivity contribution in [3.63, 3.8) is 0 Å². The Morgan fingerprint density at radius 2 is 2.10 bits per heavy atom. The SMILES string of the molecule is Cc1sc(SCCCCCF)c2c(N)nc(=O)n-2c1C. The van der Waals surface area contributed by atoms with E-state index in [0.717, 1.165) is 39.1 Å². The van der Waals surface area contributed by atoms with Crippen LogP contribution in [0.1, 0.15) is 29.8 Å². The quantitative estimate of drug-likeness (QED) is 0.657. The summed E-state index contributed by atoms with van der Waals surface area (Å²) >= 11 is 3.30. The fourth-order valence-corrected chi connectivity index (χ4v) is 4.51. The van der Waals surface area contributed by atoms with Gasteiger partial charge in [0.05, 0.1) is 10.9 Å². The van der Waals surface area contributed by atoms with Crippen LogP contribution < -0.4 is 11.4 Å². The van der Waals surface area contributed by atoms with Gasteiger partial charge in [-0.3, -0.25) is 8.96 Å². The van der Waals surface area contributed by atoms with Gasteiger partial charge in [-0.05, 0) is 32.4 Å². The van der Waals surface area contributed by atoms with Crippen LogP contribution in [0, 0.1) is 13.8 Å². The van der Waals surface area contributed by atoms with Crippen LogP contribution in [-0.4, -0.2) is 22.0 Å². The molecule has 0 bridgehead atoms. The van der Waals surface area contributed by atoms with Gasteiger partial charge in [-0.15, -0.1) is 23.1 Å². The minimum Gasteiger partial charge on any atom is -0.382 e. The number of imidazole rings is 1. The van der Waals surface area contributed by atoms with Crippen molar-refractivity contribution in [2.45, 2.75) is 37.3 Å². The highest BCUT2D eigenvalue weighted by atomic mass is 32.2. The summed E-state index contributed by atoms with van der Waals surface area (Å²) in [6.45, 7) is 3.63. The largest absolute Gasteiger partial charge is 0.382 e. The Morgan fingerprint density at radius 3 is 2.80 bits per heavy atom. The molecule has 2 N–H and O–H groups in total. The van der Waals surface area contributed by atoms with Crippen molar-refractivity contribution in [1.82, 2.24) is 9.55 Å². The maximum Gasteiger partial charge on any atom is 0.354 e. The third kappa shape index (κ3) is 2.98. The molecule has 0 atom stereocenters. The van der Waals surface area contributed by atoms with E-state index in [1.54, 1.807) is 27.7 Å². The first kappa shape index (κ1) is 15.3. The molecule has 0 amide bonds. The fourth-order valence-electron chi connectivity index (χ4n) is 1.98. The zero-order valence-electron chi connectivity index (χ0n) is 11.6. The Balaban J connectivity index is 2.24. The summed E-state index contributed by atoms with van der Waals surface area (Å²) in [4.78, 5) is 16.8. The Bertz CT molecular complexity index is 623. The van der Waals surface area contributed by atoms with Crippen LogP contribution in [0.5, 0.6) is 0 Å². The van der Waals surface area contributed by atoms with Crippen molar-refractivity contribution >= 4 is 28.9 Å². The molecule has 0 saturated heterocycles. The zero-order valence-corrected chi connectivity index (χ0v) is 13.2. The van der Waals surface area contributed by atoms with E-state index in [9.17, 15) is 9.18 Å². The van der Waals surface area contributed by atoms with Crippen molar-refractivity contribution in [3.8, 4) is 5.69 Å². The Labute approximate surface area is 125 Å². The lowest BCUT2D eigenvalue weighted by Crippen LogP contribution is -2.17. The average Bonchev–Trinajstić information content (AvgIpc) is 2.70. The van der Waals surface area contributed by atoms with Gasteiger partial charge in [0, 0.05) is 10.6 Å². The number of alkyl halides is 1. The van der Waals surface area contributed by atoms with E-state index in [-0.39, 0.29) is 12.4 Å². The molecule has 0 aromatic rings. The first-order chi connectivity index (χ1) is 9.56. The molecule has 2 heterocycles. The van der Waals surface area contributed by atoms with Gasteiger partial charge < -0.3 is 5.73 Å². The molecule has 7 heteroatoms. The fraction of sp³-hybridized carbons (Fsp3) is 0.538. The summed E-state index contributed by atoms with van der Waals surface area (Å²) in [6.07, 6.45) is 2.46. The molecule has 0 fully saturated rings. The van der Waals surface area contributed by atoms with E-state index in [1.165, 1.54) is 0 Å². The van der Waals surface area contributed by atoms with Crippen molar-refractivity contribution in [3.05, 3.63) is 21.1 Å². The molecule has 20 heavy (non-hydrogen) atoms. The van der Waals surface area contributed by atoms with Crippen molar-refractivity contribution in [1.29, 1.82) is 0 Å². The topological polar surface area (TPSA) is 60.9 Å². The highest BCUT2D eigenvalue weighted by Gasteiger charge is 2.21. The number of nitrogens with two attached hydrogens (primary N) is 1. The second kappa shape index (κ2) is 6.58. The number of nitrogens with zero attached hydrogens (tertiary/aromatic N) is 2. The van der Waals surface area contributed by atoms with Gasteiger partial charge in [0.15, 0.2) is 5.82 Å². The number of anilines is 1. The monoisotopic (exact) mass is 315 g/mol. The lowest BCUT2D eigenvalue weighted by Gasteiger charge is -2.14. The smallest absolute Gasteiger partial charge is 0.354 e. The van der Waals surface area contributed by atoms with Crippen LogP contribution in [0.25, 0.3) is 5.69 Å². The summed E-state index contributed by atoms with van der Waals surface area (Å²) in [5, 5.41) is 0. The molecule has 0 aromatic heterocycles. The number of aryl methyl sites for hydroxylation is 1. The first-order valence-electron chi connectivity index (χ1n) is 6.53. The maximum absolute atomic E-state index is 12.0. The predicted molar refractivity (Wildman–Crippen MR) is 83.3 cm³/mol. The Morgan fingerprint density at radius 1 is 1.35 bits per heavy atom. The molecule has 0 radical (unpaired) electrons. The summed E-state index contributed by atoms with van der Waals surface area (Å²) in [7, 11) is 0. The third-order valence-electron chi connectivity index (χ3n) is 3.17. The normalized spacial score (nSPS) is 11.3. The highest BCUT2D eigenvalue weighted by molar-refractivity contribution is 8.01. The van der Waals surface area contributed by atoms with Crippen LogP contribution in [0.4, 0.5) is 10.2 Å². The third-order valence-corrected chi connectivity index (χ3v) is 5.70. The van der Waals surface area contributed by atoms with Crippen LogP contribution in [-0.2, 0) is 0 Å². The second-order valence-corrected chi connectivity index (χ2v) is 7.18. The first-order valence-corrected chi connectivity index (χ1v) is 8.33. The summed E-state index contributed by atoms with van der Waals surface area (Å²) in [5.74, 6) is 1.19. The molecule has 0 aromatic carbocycles. The number of nitrogen functional groups attached to an aromatic ring is 1. The van der Waals surface area contributed by atoms with Crippen molar-refractivity contribution in [2.75, 3.05) is 18.2 Å². The number of fused-ring (bicyclic) bond motifs is 1. The van der Waals surface area contributed by atoms with Gasteiger partial charge in [-0.2, -0.15) is 4.98 Å². The zero-order chi connectivity index (χ0) is 14.7. The number of thioether (sulfide) groups is 1. The van der Waals surface area contributed by atoms with Crippen LogP contribution in [0.2, 0.25) is 0 Å². The van der Waals surface area contributed by atoms with Gasteiger partial charge in [0.1, 0.15) is 5.69 Å².